The highest BCUT2D eigenvalue weighted by atomic mass is 19.1. The van der Waals surface area contributed by atoms with Crippen molar-refractivity contribution in [2.75, 3.05) is 32.1 Å². The predicted octanol–water partition coefficient (Wildman–Crippen LogP) is 4.96. The monoisotopic (exact) mass is 398 g/mol. The largest absolute Gasteiger partial charge is 0.493 e. The van der Waals surface area contributed by atoms with E-state index in [1.54, 1.807) is 19.2 Å². The van der Waals surface area contributed by atoms with Crippen LogP contribution in [-0.2, 0) is 0 Å². The Labute approximate surface area is 172 Å². The molecule has 0 spiro atoms. The van der Waals surface area contributed by atoms with E-state index in [0.717, 1.165) is 56.1 Å². The van der Waals surface area contributed by atoms with Gasteiger partial charge in [0.1, 0.15) is 5.82 Å². The molecule has 156 valence electrons. The minimum atomic E-state index is -0.206. The summed E-state index contributed by atoms with van der Waals surface area (Å²) in [6, 6.07) is 13.0. The molecule has 0 amide bonds. The van der Waals surface area contributed by atoms with Gasteiger partial charge >= 0.3 is 0 Å². The summed E-state index contributed by atoms with van der Waals surface area (Å²) in [7, 11) is 1.70. The first kappa shape index (κ1) is 20.0. The number of piperidine rings is 1. The number of nitrogens with one attached hydrogen (secondary N) is 2. The minimum absolute atomic E-state index is 0.206. The first-order valence-corrected chi connectivity index (χ1v) is 10.8. The zero-order valence-electron chi connectivity index (χ0n) is 17.1. The summed E-state index contributed by atoms with van der Waals surface area (Å²) in [6.45, 7) is 2.76. The van der Waals surface area contributed by atoms with Crippen molar-refractivity contribution >= 4 is 5.69 Å². The summed E-state index contributed by atoms with van der Waals surface area (Å²) in [5.41, 5.74) is 2.13. The fraction of sp³-hybridized carbons (Fsp3) is 0.500. The van der Waals surface area contributed by atoms with Crippen LogP contribution < -0.4 is 20.1 Å². The highest BCUT2D eigenvalue weighted by Crippen LogP contribution is 2.36. The van der Waals surface area contributed by atoms with Gasteiger partial charge in [-0.1, -0.05) is 12.1 Å². The van der Waals surface area contributed by atoms with Crippen LogP contribution in [0.25, 0.3) is 0 Å². The standard InChI is InChI=1S/C24H31FN2O2/c1-28-23-10-9-18(12-24(23)29-22-7-2-3-8-22)19-11-17(14-26-16-19)15-27-21-6-4-5-20(25)13-21/h4-6,9-10,12-13,17,19,22,26-27H,2-3,7-8,11,14-16H2,1H3/t17-,19+/m0/s1. The molecule has 5 heteroatoms. The lowest BCUT2D eigenvalue weighted by Gasteiger charge is -2.31. The Morgan fingerprint density at radius 2 is 1.93 bits per heavy atom. The van der Waals surface area contributed by atoms with Crippen LogP contribution in [0, 0.1) is 11.7 Å². The molecule has 0 aromatic heterocycles. The van der Waals surface area contributed by atoms with Gasteiger partial charge in [0.05, 0.1) is 13.2 Å². The first-order valence-electron chi connectivity index (χ1n) is 10.8. The van der Waals surface area contributed by atoms with Crippen LogP contribution in [0.4, 0.5) is 10.1 Å². The third-order valence-electron chi connectivity index (χ3n) is 6.12. The number of benzene rings is 2. The smallest absolute Gasteiger partial charge is 0.161 e. The molecule has 1 aliphatic heterocycles. The van der Waals surface area contributed by atoms with Crippen LogP contribution >= 0.6 is 0 Å². The van der Waals surface area contributed by atoms with Crippen molar-refractivity contribution in [3.63, 3.8) is 0 Å². The summed E-state index contributed by atoms with van der Waals surface area (Å²) < 4.78 is 25.2. The van der Waals surface area contributed by atoms with Crippen LogP contribution in [0.2, 0.25) is 0 Å². The fourth-order valence-electron chi connectivity index (χ4n) is 4.53. The van der Waals surface area contributed by atoms with E-state index in [0.29, 0.717) is 17.9 Å². The first-order chi connectivity index (χ1) is 14.2. The SMILES string of the molecule is COc1ccc([C@H]2CNC[C@@H](CNc3cccc(F)c3)C2)cc1OC1CCCC1. The van der Waals surface area contributed by atoms with Gasteiger partial charge in [-0.15, -0.1) is 0 Å². The van der Waals surface area contributed by atoms with Gasteiger partial charge in [-0.3, -0.25) is 0 Å². The van der Waals surface area contributed by atoms with Crippen LogP contribution in [0.3, 0.4) is 0 Å². The molecule has 2 aromatic rings. The van der Waals surface area contributed by atoms with Gasteiger partial charge in [-0.2, -0.15) is 0 Å². The Morgan fingerprint density at radius 3 is 2.72 bits per heavy atom. The molecule has 0 unspecified atom stereocenters. The summed E-state index contributed by atoms with van der Waals surface area (Å²) in [4.78, 5) is 0. The van der Waals surface area contributed by atoms with Crippen LogP contribution in [0.15, 0.2) is 42.5 Å². The van der Waals surface area contributed by atoms with Crippen LogP contribution in [0.1, 0.15) is 43.6 Å². The van der Waals surface area contributed by atoms with Gasteiger partial charge in [-0.25, -0.2) is 4.39 Å². The van der Waals surface area contributed by atoms with Crippen molar-refractivity contribution in [2.45, 2.75) is 44.1 Å². The lowest BCUT2D eigenvalue weighted by atomic mass is 9.85. The Kier molecular flexibility index (Phi) is 6.55. The van der Waals surface area contributed by atoms with Crippen LogP contribution in [0.5, 0.6) is 11.5 Å². The second-order valence-electron chi connectivity index (χ2n) is 8.28. The van der Waals surface area contributed by atoms with Gasteiger partial charge < -0.3 is 20.1 Å². The molecule has 2 fully saturated rings. The summed E-state index contributed by atoms with van der Waals surface area (Å²) in [5.74, 6) is 2.39. The maximum Gasteiger partial charge on any atom is 0.161 e. The molecular weight excluding hydrogens is 367 g/mol. The summed E-state index contributed by atoms with van der Waals surface area (Å²) >= 11 is 0. The average Bonchev–Trinajstić information content (AvgIpc) is 3.26. The maximum absolute atomic E-state index is 13.4. The second kappa shape index (κ2) is 9.49. The summed E-state index contributed by atoms with van der Waals surface area (Å²) in [6.07, 6.45) is 6.16. The highest BCUT2D eigenvalue weighted by molar-refractivity contribution is 5.45. The van der Waals surface area contributed by atoms with Gasteiger partial charge in [0.15, 0.2) is 11.5 Å². The molecule has 29 heavy (non-hydrogen) atoms. The zero-order chi connectivity index (χ0) is 20.1. The quantitative estimate of drug-likeness (QED) is 0.692. The lowest BCUT2D eigenvalue weighted by molar-refractivity contribution is 0.200. The molecule has 1 heterocycles. The molecule has 4 rings (SSSR count). The Bertz CT molecular complexity index is 807. The van der Waals surface area contributed by atoms with Crippen molar-refractivity contribution in [1.29, 1.82) is 0 Å². The normalized spacial score (nSPS) is 22.4. The van der Waals surface area contributed by atoms with E-state index in [-0.39, 0.29) is 5.82 Å². The predicted molar refractivity (Wildman–Crippen MR) is 114 cm³/mol. The zero-order valence-corrected chi connectivity index (χ0v) is 17.1. The molecule has 1 aliphatic carbocycles. The minimum Gasteiger partial charge on any atom is -0.493 e. The third-order valence-corrected chi connectivity index (χ3v) is 6.12. The molecule has 4 nitrogen and oxygen atoms in total. The van der Waals surface area contributed by atoms with Crippen molar-refractivity contribution in [3.05, 3.63) is 53.8 Å². The fourth-order valence-corrected chi connectivity index (χ4v) is 4.53. The highest BCUT2D eigenvalue weighted by Gasteiger charge is 2.25. The van der Waals surface area contributed by atoms with Crippen molar-refractivity contribution in [1.82, 2.24) is 5.32 Å². The molecule has 2 aromatic carbocycles. The number of anilines is 1. The van der Waals surface area contributed by atoms with E-state index in [2.05, 4.69) is 22.8 Å². The second-order valence-corrected chi connectivity index (χ2v) is 8.28. The van der Waals surface area contributed by atoms with E-state index in [4.69, 9.17) is 9.47 Å². The van der Waals surface area contributed by atoms with E-state index < -0.39 is 0 Å². The average molecular weight is 399 g/mol. The van der Waals surface area contributed by atoms with E-state index in [9.17, 15) is 4.39 Å². The lowest BCUT2D eigenvalue weighted by Crippen LogP contribution is -2.38. The number of hydrogen-bond donors (Lipinski definition) is 2. The van der Waals surface area contributed by atoms with Gasteiger partial charge in [-0.05, 0) is 86.4 Å². The van der Waals surface area contributed by atoms with E-state index in [1.165, 1.54) is 24.5 Å². The Hall–Kier alpha value is -2.27. The molecule has 0 bridgehead atoms. The van der Waals surface area contributed by atoms with Crippen molar-refractivity contribution in [2.24, 2.45) is 5.92 Å². The third kappa shape index (κ3) is 5.21. The topological polar surface area (TPSA) is 42.5 Å². The Balaban J connectivity index is 1.40. The number of halogens is 1. The maximum atomic E-state index is 13.4. The van der Waals surface area contributed by atoms with E-state index in [1.807, 2.05) is 12.1 Å². The molecule has 1 saturated carbocycles. The molecule has 2 aliphatic rings. The number of rotatable bonds is 7. The van der Waals surface area contributed by atoms with Gasteiger partial charge in [0.2, 0.25) is 0 Å². The summed E-state index contributed by atoms with van der Waals surface area (Å²) in [5, 5.41) is 6.95. The number of methoxy groups -OCH3 is 1. The molecule has 2 atom stereocenters. The number of ether oxygens (including phenoxy) is 2. The molecular formula is C24H31FN2O2. The Morgan fingerprint density at radius 1 is 1.07 bits per heavy atom. The number of hydrogen-bond acceptors (Lipinski definition) is 4. The van der Waals surface area contributed by atoms with Gasteiger partial charge in [0, 0.05) is 18.8 Å². The van der Waals surface area contributed by atoms with Crippen molar-refractivity contribution in [3.8, 4) is 11.5 Å². The van der Waals surface area contributed by atoms with E-state index >= 15 is 0 Å². The molecule has 1 saturated heterocycles. The van der Waals surface area contributed by atoms with Crippen molar-refractivity contribution < 1.29 is 13.9 Å². The van der Waals surface area contributed by atoms with Crippen LogP contribution in [-0.4, -0.2) is 32.8 Å². The molecule has 2 N–H and O–H groups in total. The molecule has 0 radical (unpaired) electrons. The van der Waals surface area contributed by atoms with Gasteiger partial charge in [0.25, 0.3) is 0 Å².